The summed E-state index contributed by atoms with van der Waals surface area (Å²) in [6, 6.07) is 0. The van der Waals surface area contributed by atoms with E-state index in [-0.39, 0.29) is 57.4 Å². The molecule has 128 valence electrons. The van der Waals surface area contributed by atoms with Gasteiger partial charge in [-0.3, -0.25) is 0 Å². The molecule has 0 spiro atoms. The summed E-state index contributed by atoms with van der Waals surface area (Å²) in [6.45, 7) is 0. The molecule has 1 rings (SSSR count). The number of hydrogen-bond acceptors (Lipinski definition) is 0. The topological polar surface area (TPSA) is 0 Å². The molecule has 0 saturated carbocycles. The summed E-state index contributed by atoms with van der Waals surface area (Å²) >= 11 is -1.33. The van der Waals surface area contributed by atoms with Gasteiger partial charge in [0, 0.05) is 0 Å². The zero-order chi connectivity index (χ0) is 18.6. The van der Waals surface area contributed by atoms with E-state index in [0.717, 1.165) is 19.0 Å². The van der Waals surface area contributed by atoms with E-state index in [1.54, 1.807) is 0 Å². The summed E-state index contributed by atoms with van der Waals surface area (Å²) in [5, 5.41) is 0. The zero-order valence-corrected chi connectivity index (χ0v) is 27.7. The van der Waals surface area contributed by atoms with Crippen molar-refractivity contribution in [1.29, 1.82) is 0 Å². The second-order valence-electron chi connectivity index (χ2n) is 7.00. The summed E-state index contributed by atoms with van der Waals surface area (Å²) in [4.78, 5) is 0. The first-order valence-electron chi connectivity index (χ1n) is 7.82. The van der Waals surface area contributed by atoms with Gasteiger partial charge in [0.2, 0.25) is 0 Å². The molecule has 1 aliphatic rings. The molecule has 0 amide bonds. The third-order valence-corrected chi connectivity index (χ3v) is 2.65. The molecule has 0 nitrogen and oxygen atoms in total. The Bertz CT molecular complexity index is 173. The van der Waals surface area contributed by atoms with Gasteiger partial charge in [0.15, 0.2) is 0 Å². The van der Waals surface area contributed by atoms with E-state index in [0.29, 0.717) is 0 Å². The Kier molecular flexibility index (Phi) is 40.4. The van der Waals surface area contributed by atoms with Gasteiger partial charge in [-0.25, -0.2) is 0 Å². The van der Waals surface area contributed by atoms with Gasteiger partial charge in [-0.2, -0.15) is 0 Å². The van der Waals surface area contributed by atoms with Gasteiger partial charge in [-0.05, 0) is 0 Å². The summed E-state index contributed by atoms with van der Waals surface area (Å²) in [6.07, 6.45) is 0. The zero-order valence-electron chi connectivity index (χ0n) is 17.3. The molecule has 0 N–H and O–H groups in total. The van der Waals surface area contributed by atoms with Crippen LogP contribution in [0.4, 0.5) is 0 Å². The summed E-state index contributed by atoms with van der Waals surface area (Å²) < 4.78 is 0. The fourth-order valence-electron chi connectivity index (χ4n) is 0.304. The minimum absolute atomic E-state index is 0.333. The van der Waals surface area contributed by atoms with E-state index in [2.05, 4.69) is 91.9 Å². The van der Waals surface area contributed by atoms with E-state index in [4.69, 9.17) is 0 Å². The maximum atomic E-state index is 2.33. The van der Waals surface area contributed by atoms with E-state index in [1.165, 1.54) is 0 Å². The first kappa shape index (κ1) is 31.8. The van der Waals surface area contributed by atoms with Crippen LogP contribution >= 0.6 is 0 Å². The standard InChI is InChI=1S/C4H4Si2.4C3H9Ge/c1-2-6-4-3-5-1;4*1-4(2)3/h1-4H;4*1-3H3. The summed E-state index contributed by atoms with van der Waals surface area (Å²) in [5.74, 6) is 28.0. The van der Waals surface area contributed by atoms with Crippen molar-refractivity contribution >= 4 is 76.4 Å². The first-order chi connectivity index (χ1) is 9.93. The normalized spacial score (nSPS) is 11.6. The number of rotatable bonds is 0. The van der Waals surface area contributed by atoms with Gasteiger partial charge in [-0.1, -0.05) is 0 Å². The van der Waals surface area contributed by atoms with Gasteiger partial charge in [0.25, 0.3) is 0 Å². The van der Waals surface area contributed by atoms with Crippen molar-refractivity contribution in [3.05, 3.63) is 22.8 Å². The molecule has 0 bridgehead atoms. The third-order valence-electron chi connectivity index (χ3n) is 0.552. The summed E-state index contributed by atoms with van der Waals surface area (Å²) in [5.41, 5.74) is 8.88. The fourth-order valence-corrected chi connectivity index (χ4v) is 2.07. The van der Waals surface area contributed by atoms with Crippen LogP contribution in [-0.2, 0) is 0 Å². The van der Waals surface area contributed by atoms with Gasteiger partial charge in [0.05, 0.1) is 19.0 Å². The van der Waals surface area contributed by atoms with Gasteiger partial charge in [0.1, 0.15) is 0 Å². The molecule has 1 aliphatic heterocycles. The molecule has 0 aromatic carbocycles. The van der Waals surface area contributed by atoms with Crippen LogP contribution in [0.1, 0.15) is 0 Å². The molecular formula is C16H40Ge4Si2. The molecular weight excluding hydrogens is 539 g/mol. The number of hydrogen-bond donors (Lipinski definition) is 0. The van der Waals surface area contributed by atoms with Gasteiger partial charge < -0.3 is 0 Å². The average molecular weight is 579 g/mol. The maximum absolute atomic E-state index is 2.33. The molecule has 0 aromatic rings. The Hall–Kier alpha value is 2.09. The van der Waals surface area contributed by atoms with Crippen molar-refractivity contribution in [1.82, 2.24) is 0 Å². The van der Waals surface area contributed by atoms with E-state index in [1.807, 2.05) is 0 Å². The quantitative estimate of drug-likeness (QED) is 0.317. The molecule has 0 aliphatic carbocycles. The molecule has 0 aromatic heterocycles. The molecule has 0 atom stereocenters. The predicted octanol–water partition coefficient (Wildman–Crippen LogP) is 5.83. The SMILES string of the molecule is C1=C[Si]C=C[Si]1.[CH3][Ge]([CH3])[CH3].[CH3][Ge]([CH3])[CH3].[CH3][Ge]([CH3])[CH3].[CH3][Ge]([CH3])[CH3]. The van der Waals surface area contributed by atoms with E-state index < -0.39 is 0 Å². The molecule has 0 saturated heterocycles. The average Bonchev–Trinajstić information content (AvgIpc) is 2.28. The van der Waals surface area contributed by atoms with E-state index in [9.17, 15) is 0 Å². The minimum atomic E-state index is -0.333. The van der Waals surface area contributed by atoms with Crippen LogP contribution < -0.4 is 0 Å². The van der Waals surface area contributed by atoms with Crippen LogP contribution in [0.15, 0.2) is 22.8 Å². The van der Waals surface area contributed by atoms with Crippen LogP contribution in [-0.4, -0.2) is 76.4 Å². The van der Waals surface area contributed by atoms with Crippen molar-refractivity contribution < 1.29 is 0 Å². The van der Waals surface area contributed by atoms with Crippen LogP contribution in [0.3, 0.4) is 0 Å². The summed E-state index contributed by atoms with van der Waals surface area (Å²) in [7, 11) is 1.90. The fraction of sp³-hybridized carbons (Fsp3) is 0.750. The van der Waals surface area contributed by atoms with Crippen molar-refractivity contribution in [2.45, 2.75) is 69.1 Å². The van der Waals surface area contributed by atoms with Crippen LogP contribution in [0.25, 0.3) is 0 Å². The molecule has 0 fully saturated rings. The Labute approximate surface area is 166 Å². The molecule has 6 heteroatoms. The molecule has 8 radical (unpaired) electrons. The molecule has 22 heavy (non-hydrogen) atoms. The predicted molar refractivity (Wildman–Crippen MR) is 123 cm³/mol. The second kappa shape index (κ2) is 27.9. The third kappa shape index (κ3) is 150. The van der Waals surface area contributed by atoms with Crippen molar-refractivity contribution in [3.8, 4) is 0 Å². The van der Waals surface area contributed by atoms with Crippen molar-refractivity contribution in [2.24, 2.45) is 0 Å². The van der Waals surface area contributed by atoms with Crippen molar-refractivity contribution in [3.63, 3.8) is 0 Å². The van der Waals surface area contributed by atoms with Gasteiger partial charge in [-0.15, -0.1) is 22.8 Å². The van der Waals surface area contributed by atoms with Crippen LogP contribution in [0.5, 0.6) is 0 Å². The second-order valence-corrected chi connectivity index (χ2v) is 34.2. The molecule has 1 heterocycles. The van der Waals surface area contributed by atoms with E-state index >= 15 is 0 Å². The Balaban J connectivity index is -0.0000000937. The monoisotopic (exact) mass is 584 g/mol. The van der Waals surface area contributed by atoms with Gasteiger partial charge >= 0.3 is 126 Å². The Morgan fingerprint density at radius 3 is 0.500 bits per heavy atom. The Morgan fingerprint density at radius 1 is 0.364 bits per heavy atom. The van der Waals surface area contributed by atoms with Crippen molar-refractivity contribution in [2.75, 3.05) is 0 Å². The van der Waals surface area contributed by atoms with Crippen LogP contribution in [0, 0.1) is 0 Å². The molecule has 0 unspecified atom stereocenters. The Morgan fingerprint density at radius 2 is 0.455 bits per heavy atom. The van der Waals surface area contributed by atoms with Crippen LogP contribution in [0.2, 0.25) is 69.1 Å². The first-order valence-corrected chi connectivity index (χ1v) is 35.3.